The Morgan fingerprint density at radius 3 is 2.59 bits per heavy atom. The number of nitrogens with zero attached hydrogens (tertiary/aromatic N) is 2. The zero-order valence-corrected chi connectivity index (χ0v) is 16.5. The number of nitrogens with one attached hydrogen (secondary N) is 2. The van der Waals surface area contributed by atoms with Gasteiger partial charge in [-0.25, -0.2) is 4.99 Å². The van der Waals surface area contributed by atoms with Gasteiger partial charge >= 0.3 is 0 Å². The molecule has 0 atom stereocenters. The molecule has 7 nitrogen and oxygen atoms in total. The number of hydrogen-bond acceptors (Lipinski definition) is 4. The van der Waals surface area contributed by atoms with Crippen LogP contribution in [0.15, 0.2) is 29.3 Å². The van der Waals surface area contributed by atoms with Crippen LogP contribution < -0.4 is 15.4 Å². The first-order valence-electron chi connectivity index (χ1n) is 9.73. The number of guanidine groups is 1. The topological polar surface area (TPSA) is 75.2 Å². The molecule has 1 aromatic rings. The summed E-state index contributed by atoms with van der Waals surface area (Å²) in [6.07, 6.45) is 3.06. The van der Waals surface area contributed by atoms with Crippen molar-refractivity contribution >= 4 is 11.9 Å². The summed E-state index contributed by atoms with van der Waals surface area (Å²) in [5.41, 5.74) is 1.12. The summed E-state index contributed by atoms with van der Waals surface area (Å²) >= 11 is 0. The fourth-order valence-corrected chi connectivity index (χ4v) is 2.85. The van der Waals surface area contributed by atoms with E-state index in [1.54, 1.807) is 7.11 Å². The van der Waals surface area contributed by atoms with E-state index >= 15 is 0 Å². The third-order valence-electron chi connectivity index (χ3n) is 4.36. The van der Waals surface area contributed by atoms with Gasteiger partial charge in [0.15, 0.2) is 5.96 Å². The summed E-state index contributed by atoms with van der Waals surface area (Å²) in [5, 5.41) is 6.42. The van der Waals surface area contributed by atoms with Crippen molar-refractivity contribution in [3.8, 4) is 5.75 Å². The second-order valence-electron chi connectivity index (χ2n) is 6.46. The highest BCUT2D eigenvalue weighted by atomic mass is 16.5. The maximum absolute atomic E-state index is 12.1. The number of hydrogen-bond donors (Lipinski definition) is 2. The van der Waals surface area contributed by atoms with Crippen LogP contribution in [-0.2, 0) is 16.1 Å². The first kappa shape index (κ1) is 21.0. The predicted octanol–water partition coefficient (Wildman–Crippen LogP) is 1.78. The SMILES string of the molecule is CCNC(=NCC(=O)N1CCCC1)NCCCOCc1ccc(OC)cc1. The molecule has 1 heterocycles. The van der Waals surface area contributed by atoms with Crippen LogP contribution in [-0.4, -0.2) is 63.2 Å². The summed E-state index contributed by atoms with van der Waals surface area (Å²) in [4.78, 5) is 18.4. The van der Waals surface area contributed by atoms with Crippen LogP contribution in [0.2, 0.25) is 0 Å². The Balaban J connectivity index is 1.61. The van der Waals surface area contributed by atoms with E-state index < -0.39 is 0 Å². The standard InChI is InChI=1S/C20H32N4O3/c1-3-21-20(23-15-19(25)24-12-4-5-13-24)22-11-6-14-27-16-17-7-9-18(26-2)10-8-17/h7-10H,3-6,11-16H2,1-2H3,(H2,21,22,23). The molecule has 1 aliphatic rings. The van der Waals surface area contributed by atoms with E-state index in [0.717, 1.165) is 56.8 Å². The summed E-state index contributed by atoms with van der Waals surface area (Å²) in [7, 11) is 1.66. The molecule has 0 aromatic heterocycles. The number of benzene rings is 1. The van der Waals surface area contributed by atoms with E-state index in [1.165, 1.54) is 0 Å². The molecular weight excluding hydrogens is 344 g/mol. The van der Waals surface area contributed by atoms with Gasteiger partial charge in [0.1, 0.15) is 12.3 Å². The molecule has 0 spiro atoms. The molecule has 0 radical (unpaired) electrons. The van der Waals surface area contributed by atoms with Crippen LogP contribution >= 0.6 is 0 Å². The smallest absolute Gasteiger partial charge is 0.244 e. The molecule has 0 unspecified atom stereocenters. The lowest BCUT2D eigenvalue weighted by Crippen LogP contribution is -2.39. The predicted molar refractivity (Wildman–Crippen MR) is 107 cm³/mol. The highest BCUT2D eigenvalue weighted by Gasteiger charge is 2.17. The van der Waals surface area contributed by atoms with Crippen LogP contribution in [0.4, 0.5) is 0 Å². The van der Waals surface area contributed by atoms with E-state index in [4.69, 9.17) is 9.47 Å². The molecule has 1 aromatic carbocycles. The fourth-order valence-electron chi connectivity index (χ4n) is 2.85. The molecule has 1 amide bonds. The van der Waals surface area contributed by atoms with Crippen LogP contribution in [0.25, 0.3) is 0 Å². The zero-order valence-electron chi connectivity index (χ0n) is 16.5. The number of likely N-dealkylation sites (tertiary alicyclic amines) is 1. The number of carbonyl (C=O) groups is 1. The van der Waals surface area contributed by atoms with E-state index in [2.05, 4.69) is 15.6 Å². The largest absolute Gasteiger partial charge is 0.497 e. The molecule has 27 heavy (non-hydrogen) atoms. The normalized spacial score (nSPS) is 14.3. The Bertz CT molecular complexity index is 583. The lowest BCUT2D eigenvalue weighted by Gasteiger charge is -2.15. The van der Waals surface area contributed by atoms with Crippen molar-refractivity contribution < 1.29 is 14.3 Å². The summed E-state index contributed by atoms with van der Waals surface area (Å²) in [5.74, 6) is 1.63. The maximum atomic E-state index is 12.1. The molecule has 0 saturated carbocycles. The van der Waals surface area contributed by atoms with E-state index in [0.29, 0.717) is 19.2 Å². The van der Waals surface area contributed by atoms with Gasteiger partial charge in [-0.15, -0.1) is 0 Å². The number of ether oxygens (including phenoxy) is 2. The highest BCUT2D eigenvalue weighted by Crippen LogP contribution is 2.12. The Kier molecular flexibility index (Phi) is 9.48. The minimum absolute atomic E-state index is 0.104. The Morgan fingerprint density at radius 2 is 1.93 bits per heavy atom. The van der Waals surface area contributed by atoms with Crippen LogP contribution in [0, 0.1) is 0 Å². The lowest BCUT2D eigenvalue weighted by atomic mass is 10.2. The Labute approximate surface area is 162 Å². The van der Waals surface area contributed by atoms with Crippen molar-refractivity contribution in [3.63, 3.8) is 0 Å². The number of amides is 1. The van der Waals surface area contributed by atoms with Gasteiger partial charge in [-0.1, -0.05) is 12.1 Å². The molecule has 7 heteroatoms. The van der Waals surface area contributed by atoms with Crippen molar-refractivity contribution in [2.75, 3.05) is 46.4 Å². The van der Waals surface area contributed by atoms with Gasteiger partial charge in [0.05, 0.1) is 13.7 Å². The molecule has 0 aliphatic carbocycles. The van der Waals surface area contributed by atoms with E-state index in [1.807, 2.05) is 36.1 Å². The molecular formula is C20H32N4O3. The van der Waals surface area contributed by atoms with Gasteiger partial charge in [-0.2, -0.15) is 0 Å². The molecule has 1 aliphatic heterocycles. The number of aliphatic imine (C=N–C) groups is 1. The number of carbonyl (C=O) groups excluding carboxylic acids is 1. The molecule has 2 N–H and O–H groups in total. The van der Waals surface area contributed by atoms with Gasteiger partial charge in [0.2, 0.25) is 5.91 Å². The molecule has 1 fully saturated rings. The summed E-state index contributed by atoms with van der Waals surface area (Å²) in [6, 6.07) is 7.88. The van der Waals surface area contributed by atoms with Gasteiger partial charge in [0.25, 0.3) is 0 Å². The first-order valence-corrected chi connectivity index (χ1v) is 9.73. The van der Waals surface area contributed by atoms with E-state index in [-0.39, 0.29) is 12.5 Å². The molecule has 1 saturated heterocycles. The zero-order chi connectivity index (χ0) is 19.3. The molecule has 2 rings (SSSR count). The third kappa shape index (κ3) is 7.86. The number of rotatable bonds is 10. The minimum Gasteiger partial charge on any atom is -0.497 e. The lowest BCUT2D eigenvalue weighted by molar-refractivity contribution is -0.128. The Morgan fingerprint density at radius 1 is 1.19 bits per heavy atom. The van der Waals surface area contributed by atoms with Crippen molar-refractivity contribution in [2.45, 2.75) is 32.8 Å². The van der Waals surface area contributed by atoms with Crippen LogP contribution in [0.5, 0.6) is 5.75 Å². The third-order valence-corrected chi connectivity index (χ3v) is 4.36. The number of methoxy groups -OCH3 is 1. The first-order chi connectivity index (χ1) is 13.2. The monoisotopic (exact) mass is 376 g/mol. The highest BCUT2D eigenvalue weighted by molar-refractivity contribution is 5.85. The van der Waals surface area contributed by atoms with E-state index in [9.17, 15) is 4.79 Å². The van der Waals surface area contributed by atoms with Gasteiger partial charge in [-0.05, 0) is 43.9 Å². The van der Waals surface area contributed by atoms with Crippen molar-refractivity contribution in [1.82, 2.24) is 15.5 Å². The summed E-state index contributed by atoms with van der Waals surface area (Å²) < 4.78 is 10.8. The fraction of sp³-hybridized carbons (Fsp3) is 0.600. The van der Waals surface area contributed by atoms with Crippen molar-refractivity contribution in [1.29, 1.82) is 0 Å². The van der Waals surface area contributed by atoms with Gasteiger partial charge in [-0.3, -0.25) is 4.79 Å². The molecule has 0 bridgehead atoms. The average Bonchev–Trinajstić information content (AvgIpc) is 3.23. The van der Waals surface area contributed by atoms with Gasteiger partial charge < -0.3 is 25.0 Å². The second-order valence-corrected chi connectivity index (χ2v) is 6.46. The quantitative estimate of drug-likeness (QED) is 0.370. The van der Waals surface area contributed by atoms with Crippen LogP contribution in [0.1, 0.15) is 31.7 Å². The van der Waals surface area contributed by atoms with Crippen molar-refractivity contribution in [2.24, 2.45) is 4.99 Å². The molecule has 150 valence electrons. The van der Waals surface area contributed by atoms with Gasteiger partial charge in [0, 0.05) is 32.8 Å². The van der Waals surface area contributed by atoms with Crippen molar-refractivity contribution in [3.05, 3.63) is 29.8 Å². The Hall–Kier alpha value is -2.28. The van der Waals surface area contributed by atoms with Crippen LogP contribution in [0.3, 0.4) is 0 Å². The maximum Gasteiger partial charge on any atom is 0.244 e. The average molecular weight is 377 g/mol. The summed E-state index contributed by atoms with van der Waals surface area (Å²) in [6.45, 7) is 6.69. The minimum atomic E-state index is 0.104. The second kappa shape index (κ2) is 12.2.